The molecule has 2 aliphatic heterocycles. The molecule has 1 amide bonds. The number of aromatic hydroxyl groups is 1. The Hall–Kier alpha value is -2.53. The van der Waals surface area contributed by atoms with Gasteiger partial charge in [0.2, 0.25) is 0 Å². The number of hydrogen-bond donors (Lipinski definition) is 1. The van der Waals surface area contributed by atoms with Crippen LogP contribution in [0.1, 0.15) is 35.2 Å². The molecular formula is C23H29N3O2. The van der Waals surface area contributed by atoms with Crippen LogP contribution in [0.2, 0.25) is 0 Å². The van der Waals surface area contributed by atoms with Crippen molar-refractivity contribution in [3.8, 4) is 5.75 Å². The molecule has 1 N–H and O–H groups in total. The number of nitrogens with zero attached hydrogens (tertiary/aromatic N) is 3. The van der Waals surface area contributed by atoms with Crippen molar-refractivity contribution in [3.63, 3.8) is 0 Å². The van der Waals surface area contributed by atoms with Gasteiger partial charge in [-0.05, 0) is 61.2 Å². The topological polar surface area (TPSA) is 47.0 Å². The van der Waals surface area contributed by atoms with Gasteiger partial charge in [-0.2, -0.15) is 0 Å². The van der Waals surface area contributed by atoms with Crippen LogP contribution in [0, 0.1) is 0 Å². The van der Waals surface area contributed by atoms with Crippen LogP contribution in [0.3, 0.4) is 0 Å². The number of benzene rings is 2. The standard InChI is InChI=1S/C23H29N3O2/c27-22-9-7-21(8-10-22)25-15-13-24(14-16-25)18-19-5-4-6-20(17-19)23(28)26-11-2-1-3-12-26/h4-10,17,27H,1-3,11-16,18H2. The molecule has 2 saturated heterocycles. The number of phenolic OH excluding ortho intramolecular Hbond substituents is 1. The monoisotopic (exact) mass is 379 g/mol. The number of likely N-dealkylation sites (tertiary alicyclic amines) is 1. The van der Waals surface area contributed by atoms with Crippen LogP contribution < -0.4 is 4.90 Å². The van der Waals surface area contributed by atoms with Gasteiger partial charge in [0.05, 0.1) is 0 Å². The van der Waals surface area contributed by atoms with Crippen molar-refractivity contribution in [1.82, 2.24) is 9.80 Å². The van der Waals surface area contributed by atoms with Crippen molar-refractivity contribution in [1.29, 1.82) is 0 Å². The molecule has 0 aromatic heterocycles. The van der Waals surface area contributed by atoms with E-state index in [9.17, 15) is 9.90 Å². The highest BCUT2D eigenvalue weighted by Crippen LogP contribution is 2.21. The molecule has 2 fully saturated rings. The number of piperidine rings is 1. The molecule has 28 heavy (non-hydrogen) atoms. The SMILES string of the molecule is O=C(c1cccc(CN2CCN(c3ccc(O)cc3)CC2)c1)N1CCCCC1. The van der Waals surface area contributed by atoms with Crippen LogP contribution in [-0.4, -0.2) is 60.1 Å². The zero-order valence-corrected chi connectivity index (χ0v) is 16.4. The molecule has 5 heteroatoms. The number of rotatable bonds is 4. The highest BCUT2D eigenvalue weighted by Gasteiger charge is 2.20. The number of piperazine rings is 1. The fourth-order valence-electron chi connectivity index (χ4n) is 4.17. The van der Waals surface area contributed by atoms with E-state index in [1.807, 2.05) is 29.2 Å². The number of carbonyl (C=O) groups is 1. The average molecular weight is 380 g/mol. The lowest BCUT2D eigenvalue weighted by molar-refractivity contribution is 0.0724. The van der Waals surface area contributed by atoms with E-state index in [1.165, 1.54) is 12.0 Å². The Morgan fingerprint density at radius 2 is 1.57 bits per heavy atom. The number of hydrogen-bond acceptors (Lipinski definition) is 4. The normalized spacial score (nSPS) is 18.3. The maximum Gasteiger partial charge on any atom is 0.253 e. The quantitative estimate of drug-likeness (QED) is 0.885. The Balaban J connectivity index is 1.33. The Labute approximate surface area is 167 Å². The highest BCUT2D eigenvalue weighted by atomic mass is 16.3. The Morgan fingerprint density at radius 1 is 0.857 bits per heavy atom. The van der Waals surface area contributed by atoms with Gasteiger partial charge < -0.3 is 14.9 Å². The third-order valence-corrected chi connectivity index (χ3v) is 5.81. The van der Waals surface area contributed by atoms with E-state index in [4.69, 9.17) is 0 Å². The van der Waals surface area contributed by atoms with Gasteiger partial charge in [0.25, 0.3) is 5.91 Å². The van der Waals surface area contributed by atoms with Crippen LogP contribution in [0.25, 0.3) is 0 Å². The number of phenols is 1. The van der Waals surface area contributed by atoms with Gasteiger partial charge in [-0.25, -0.2) is 0 Å². The first-order valence-corrected chi connectivity index (χ1v) is 10.3. The summed E-state index contributed by atoms with van der Waals surface area (Å²) in [6.07, 6.45) is 3.48. The van der Waals surface area contributed by atoms with E-state index in [1.54, 1.807) is 12.1 Å². The zero-order valence-electron chi connectivity index (χ0n) is 16.4. The molecule has 4 rings (SSSR count). The molecule has 148 valence electrons. The Bertz CT molecular complexity index is 792. The zero-order chi connectivity index (χ0) is 19.3. The molecule has 5 nitrogen and oxygen atoms in total. The second-order valence-electron chi connectivity index (χ2n) is 7.83. The summed E-state index contributed by atoms with van der Waals surface area (Å²) >= 11 is 0. The highest BCUT2D eigenvalue weighted by molar-refractivity contribution is 5.94. The summed E-state index contributed by atoms with van der Waals surface area (Å²) in [5.74, 6) is 0.486. The summed E-state index contributed by atoms with van der Waals surface area (Å²) in [7, 11) is 0. The lowest BCUT2D eigenvalue weighted by Crippen LogP contribution is -2.46. The van der Waals surface area contributed by atoms with Gasteiger partial charge in [0.1, 0.15) is 5.75 Å². The van der Waals surface area contributed by atoms with Gasteiger partial charge in [-0.15, -0.1) is 0 Å². The van der Waals surface area contributed by atoms with E-state index >= 15 is 0 Å². The fourth-order valence-corrected chi connectivity index (χ4v) is 4.17. The van der Waals surface area contributed by atoms with Crippen molar-refractivity contribution in [2.24, 2.45) is 0 Å². The minimum absolute atomic E-state index is 0.179. The van der Waals surface area contributed by atoms with Crippen molar-refractivity contribution in [2.75, 3.05) is 44.2 Å². The Kier molecular flexibility index (Phi) is 5.81. The molecule has 2 aromatic rings. The predicted molar refractivity (Wildman–Crippen MR) is 112 cm³/mol. The first-order valence-electron chi connectivity index (χ1n) is 10.3. The minimum Gasteiger partial charge on any atom is -0.508 e. The third-order valence-electron chi connectivity index (χ3n) is 5.81. The van der Waals surface area contributed by atoms with Gasteiger partial charge in [0, 0.05) is 57.1 Å². The van der Waals surface area contributed by atoms with Crippen LogP contribution in [0.4, 0.5) is 5.69 Å². The van der Waals surface area contributed by atoms with E-state index in [-0.39, 0.29) is 5.91 Å². The molecule has 0 unspecified atom stereocenters. The first kappa shape index (κ1) is 18.8. The molecule has 0 saturated carbocycles. The number of amides is 1. The summed E-state index contributed by atoms with van der Waals surface area (Å²) in [6.45, 7) is 6.58. The van der Waals surface area contributed by atoms with Gasteiger partial charge in [-0.1, -0.05) is 12.1 Å². The number of carbonyl (C=O) groups excluding carboxylic acids is 1. The molecule has 2 heterocycles. The van der Waals surface area contributed by atoms with Crippen LogP contribution in [0.5, 0.6) is 5.75 Å². The van der Waals surface area contributed by atoms with E-state index in [2.05, 4.69) is 21.9 Å². The fraction of sp³-hybridized carbons (Fsp3) is 0.435. The molecule has 0 spiro atoms. The first-order chi connectivity index (χ1) is 13.7. The summed E-state index contributed by atoms with van der Waals surface area (Å²) in [5.41, 5.74) is 3.19. The molecule has 2 aromatic carbocycles. The Morgan fingerprint density at radius 3 is 2.29 bits per heavy atom. The van der Waals surface area contributed by atoms with Crippen LogP contribution in [0.15, 0.2) is 48.5 Å². The van der Waals surface area contributed by atoms with Crippen molar-refractivity contribution < 1.29 is 9.90 Å². The molecule has 0 aliphatic carbocycles. The third kappa shape index (κ3) is 4.47. The van der Waals surface area contributed by atoms with Crippen molar-refractivity contribution in [2.45, 2.75) is 25.8 Å². The summed E-state index contributed by atoms with van der Waals surface area (Å²) in [4.78, 5) is 19.6. The molecule has 0 bridgehead atoms. The largest absolute Gasteiger partial charge is 0.508 e. The summed E-state index contributed by atoms with van der Waals surface area (Å²) < 4.78 is 0. The molecule has 0 atom stereocenters. The lowest BCUT2D eigenvalue weighted by Gasteiger charge is -2.36. The van der Waals surface area contributed by atoms with E-state index in [0.29, 0.717) is 5.75 Å². The lowest BCUT2D eigenvalue weighted by atomic mass is 10.1. The van der Waals surface area contributed by atoms with E-state index in [0.717, 1.165) is 69.9 Å². The smallest absolute Gasteiger partial charge is 0.253 e. The van der Waals surface area contributed by atoms with Gasteiger partial charge >= 0.3 is 0 Å². The summed E-state index contributed by atoms with van der Waals surface area (Å²) in [6, 6.07) is 15.6. The van der Waals surface area contributed by atoms with Gasteiger partial charge in [-0.3, -0.25) is 9.69 Å². The molecular weight excluding hydrogens is 350 g/mol. The van der Waals surface area contributed by atoms with Crippen molar-refractivity contribution in [3.05, 3.63) is 59.7 Å². The van der Waals surface area contributed by atoms with E-state index < -0.39 is 0 Å². The number of anilines is 1. The second-order valence-corrected chi connectivity index (χ2v) is 7.83. The molecule has 2 aliphatic rings. The maximum atomic E-state index is 12.8. The van der Waals surface area contributed by atoms with Gasteiger partial charge in [0.15, 0.2) is 0 Å². The average Bonchev–Trinajstić information content (AvgIpc) is 2.75. The van der Waals surface area contributed by atoms with Crippen LogP contribution >= 0.6 is 0 Å². The maximum absolute atomic E-state index is 12.8. The molecule has 0 radical (unpaired) electrons. The predicted octanol–water partition coefficient (Wildman–Crippen LogP) is 3.34. The van der Waals surface area contributed by atoms with Crippen LogP contribution in [-0.2, 0) is 6.54 Å². The minimum atomic E-state index is 0.179. The summed E-state index contributed by atoms with van der Waals surface area (Å²) in [5, 5.41) is 9.45. The van der Waals surface area contributed by atoms with Crippen molar-refractivity contribution >= 4 is 11.6 Å². The second kappa shape index (κ2) is 8.65.